The minimum Gasteiger partial charge on any atom is -0.353 e. The number of benzene rings is 1. The zero-order valence-electron chi connectivity index (χ0n) is 15.4. The van der Waals surface area contributed by atoms with Crippen LogP contribution in [0.25, 0.3) is 5.69 Å². The molecule has 0 saturated carbocycles. The molecule has 1 aliphatic rings. The van der Waals surface area contributed by atoms with Crippen LogP contribution in [0.4, 0.5) is 0 Å². The quantitative estimate of drug-likeness (QED) is 0.785. The van der Waals surface area contributed by atoms with Gasteiger partial charge in [0, 0.05) is 19.1 Å². The maximum atomic E-state index is 13.0. The number of hydrogen-bond donors (Lipinski definition) is 1. The highest BCUT2D eigenvalue weighted by Gasteiger charge is 2.33. The third kappa shape index (κ3) is 4.33. The lowest BCUT2D eigenvalue weighted by atomic mass is 9.98. The van der Waals surface area contributed by atoms with Gasteiger partial charge in [-0.1, -0.05) is 6.92 Å². The van der Waals surface area contributed by atoms with Gasteiger partial charge < -0.3 is 5.32 Å². The number of carbonyl (C=O) groups is 1. The average molecular weight is 392 g/mol. The van der Waals surface area contributed by atoms with Crippen LogP contribution in [0.3, 0.4) is 0 Å². The summed E-state index contributed by atoms with van der Waals surface area (Å²) >= 11 is 0. The van der Waals surface area contributed by atoms with Crippen LogP contribution in [0, 0.1) is 5.92 Å². The summed E-state index contributed by atoms with van der Waals surface area (Å²) < 4.78 is 28.8. The Morgan fingerprint density at radius 1 is 1.33 bits per heavy atom. The van der Waals surface area contributed by atoms with E-state index in [1.54, 1.807) is 12.1 Å². The first-order valence-corrected chi connectivity index (χ1v) is 10.5. The normalized spacial score (nSPS) is 19.6. The Morgan fingerprint density at radius 2 is 2.07 bits per heavy atom. The van der Waals surface area contributed by atoms with E-state index in [2.05, 4.69) is 20.8 Å². The Morgan fingerprint density at radius 3 is 2.70 bits per heavy atom. The van der Waals surface area contributed by atoms with Gasteiger partial charge in [-0.2, -0.15) is 4.31 Å². The predicted molar refractivity (Wildman–Crippen MR) is 98.5 cm³/mol. The van der Waals surface area contributed by atoms with Gasteiger partial charge in [0.05, 0.1) is 16.5 Å². The summed E-state index contributed by atoms with van der Waals surface area (Å²) in [5, 5.41) is 13.9. The number of aromatic nitrogens is 4. The molecule has 1 fully saturated rings. The molecule has 0 unspecified atom stereocenters. The molecule has 2 heterocycles. The topological polar surface area (TPSA) is 110 Å². The van der Waals surface area contributed by atoms with E-state index in [0.717, 1.165) is 6.42 Å². The number of nitrogens with zero attached hydrogens (tertiary/aromatic N) is 5. The number of carbonyl (C=O) groups excluding carboxylic acids is 1. The molecule has 9 nitrogen and oxygen atoms in total. The van der Waals surface area contributed by atoms with Crippen LogP contribution in [-0.4, -0.2) is 58.0 Å². The van der Waals surface area contributed by atoms with Crippen LogP contribution in [0.2, 0.25) is 0 Å². The highest BCUT2D eigenvalue weighted by atomic mass is 32.2. The van der Waals surface area contributed by atoms with Crippen molar-refractivity contribution in [1.82, 2.24) is 29.8 Å². The van der Waals surface area contributed by atoms with Gasteiger partial charge in [-0.15, -0.1) is 5.10 Å². The Labute approximate surface area is 158 Å². The van der Waals surface area contributed by atoms with E-state index >= 15 is 0 Å². The third-order valence-electron chi connectivity index (χ3n) is 4.84. The standard InChI is InChI=1S/C17H24N6O3S/c1-3-13(2)19-17(24)14-5-4-10-22(11-14)27(25,26)16-8-6-15(7-9-16)23-12-18-20-21-23/h6-9,12-14H,3-5,10-11H2,1-2H3,(H,19,24)/t13-,14+/m1/s1. The number of nitrogens with one attached hydrogen (secondary N) is 1. The van der Waals surface area contributed by atoms with Crippen LogP contribution < -0.4 is 5.32 Å². The van der Waals surface area contributed by atoms with Crippen molar-refractivity contribution in [2.24, 2.45) is 5.92 Å². The molecule has 1 aliphatic heterocycles. The second-order valence-corrected chi connectivity index (χ2v) is 8.71. The molecule has 1 N–H and O–H groups in total. The lowest BCUT2D eigenvalue weighted by molar-refractivity contribution is -0.126. The molecule has 27 heavy (non-hydrogen) atoms. The molecule has 1 saturated heterocycles. The highest BCUT2D eigenvalue weighted by molar-refractivity contribution is 7.89. The first-order valence-electron chi connectivity index (χ1n) is 9.05. The smallest absolute Gasteiger partial charge is 0.243 e. The van der Waals surface area contributed by atoms with E-state index in [9.17, 15) is 13.2 Å². The monoisotopic (exact) mass is 392 g/mol. The van der Waals surface area contributed by atoms with Crippen molar-refractivity contribution in [2.45, 2.75) is 44.0 Å². The average Bonchev–Trinajstić information content (AvgIpc) is 3.23. The van der Waals surface area contributed by atoms with E-state index in [1.165, 1.54) is 27.4 Å². The molecule has 0 bridgehead atoms. The first kappa shape index (κ1) is 19.4. The van der Waals surface area contributed by atoms with Gasteiger partial charge in [0.25, 0.3) is 0 Å². The van der Waals surface area contributed by atoms with E-state index in [1.807, 2.05) is 13.8 Å². The highest BCUT2D eigenvalue weighted by Crippen LogP contribution is 2.24. The van der Waals surface area contributed by atoms with Crippen molar-refractivity contribution in [3.63, 3.8) is 0 Å². The lowest BCUT2D eigenvalue weighted by Crippen LogP contribution is -2.46. The van der Waals surface area contributed by atoms with E-state index in [0.29, 0.717) is 25.1 Å². The maximum absolute atomic E-state index is 13.0. The molecule has 1 aromatic carbocycles. The fraction of sp³-hybridized carbons (Fsp3) is 0.529. The summed E-state index contributed by atoms with van der Waals surface area (Å²) in [6, 6.07) is 6.47. The lowest BCUT2D eigenvalue weighted by Gasteiger charge is -2.31. The van der Waals surface area contributed by atoms with Crippen LogP contribution in [0.1, 0.15) is 33.1 Å². The van der Waals surface area contributed by atoms with Gasteiger partial charge in [0.2, 0.25) is 15.9 Å². The van der Waals surface area contributed by atoms with Crippen molar-refractivity contribution >= 4 is 15.9 Å². The zero-order valence-corrected chi connectivity index (χ0v) is 16.3. The van der Waals surface area contributed by atoms with Gasteiger partial charge in [0.1, 0.15) is 6.33 Å². The number of hydrogen-bond acceptors (Lipinski definition) is 6. The van der Waals surface area contributed by atoms with Gasteiger partial charge >= 0.3 is 0 Å². The predicted octanol–water partition coefficient (Wildman–Crippen LogP) is 0.978. The van der Waals surface area contributed by atoms with Crippen molar-refractivity contribution in [3.05, 3.63) is 30.6 Å². The molecule has 2 atom stereocenters. The first-order chi connectivity index (χ1) is 12.9. The molecule has 0 spiro atoms. The van der Waals surface area contributed by atoms with Crippen molar-refractivity contribution < 1.29 is 13.2 Å². The zero-order chi connectivity index (χ0) is 19.4. The molecule has 10 heteroatoms. The fourth-order valence-electron chi connectivity index (χ4n) is 3.04. The van der Waals surface area contributed by atoms with Crippen LogP contribution in [0.5, 0.6) is 0 Å². The van der Waals surface area contributed by atoms with Crippen molar-refractivity contribution in [1.29, 1.82) is 0 Å². The molecule has 2 aromatic rings. The molecule has 3 rings (SSSR count). The molecular weight excluding hydrogens is 368 g/mol. The minimum absolute atomic E-state index is 0.0710. The van der Waals surface area contributed by atoms with Crippen molar-refractivity contribution in [2.75, 3.05) is 13.1 Å². The van der Waals surface area contributed by atoms with E-state index in [-0.39, 0.29) is 29.3 Å². The second-order valence-electron chi connectivity index (χ2n) is 6.77. The van der Waals surface area contributed by atoms with Crippen molar-refractivity contribution in [3.8, 4) is 5.69 Å². The number of piperidine rings is 1. The molecule has 1 amide bonds. The molecular formula is C17H24N6O3S. The minimum atomic E-state index is -3.66. The van der Waals surface area contributed by atoms with E-state index < -0.39 is 10.0 Å². The fourth-order valence-corrected chi connectivity index (χ4v) is 4.56. The van der Waals surface area contributed by atoms with Gasteiger partial charge in [-0.3, -0.25) is 4.79 Å². The summed E-state index contributed by atoms with van der Waals surface area (Å²) in [5.74, 6) is -0.388. The number of amides is 1. The second kappa shape index (κ2) is 8.13. The molecule has 1 aromatic heterocycles. The van der Waals surface area contributed by atoms with Crippen LogP contribution >= 0.6 is 0 Å². The Hall–Kier alpha value is -2.33. The van der Waals surface area contributed by atoms with Gasteiger partial charge in [-0.25, -0.2) is 13.1 Å². The van der Waals surface area contributed by atoms with Crippen LogP contribution in [-0.2, 0) is 14.8 Å². The Bertz CT molecular complexity index is 867. The number of rotatable bonds is 6. The largest absolute Gasteiger partial charge is 0.353 e. The van der Waals surface area contributed by atoms with Gasteiger partial charge in [-0.05, 0) is 60.9 Å². The van der Waals surface area contributed by atoms with Gasteiger partial charge in [0.15, 0.2) is 0 Å². The Kier molecular flexibility index (Phi) is 5.85. The van der Waals surface area contributed by atoms with Crippen LogP contribution in [0.15, 0.2) is 35.5 Å². The summed E-state index contributed by atoms with van der Waals surface area (Å²) in [7, 11) is -3.66. The summed E-state index contributed by atoms with van der Waals surface area (Å²) in [6.45, 7) is 4.58. The number of tetrazole rings is 1. The SMILES string of the molecule is CC[C@@H](C)NC(=O)[C@H]1CCCN(S(=O)(=O)c2ccc(-n3cnnn3)cc2)C1. The molecule has 146 valence electrons. The summed E-state index contributed by atoms with van der Waals surface area (Å²) in [4.78, 5) is 12.6. The van der Waals surface area contributed by atoms with E-state index in [4.69, 9.17) is 0 Å². The molecule has 0 aliphatic carbocycles. The third-order valence-corrected chi connectivity index (χ3v) is 6.72. The summed E-state index contributed by atoms with van der Waals surface area (Å²) in [5.41, 5.74) is 0.670. The molecule has 0 radical (unpaired) electrons. The number of sulfonamides is 1. The summed E-state index contributed by atoms with van der Waals surface area (Å²) in [6.07, 6.45) is 3.65. The maximum Gasteiger partial charge on any atom is 0.243 e. The Balaban J connectivity index is 1.73.